The number of anilines is 1. The van der Waals surface area contributed by atoms with Gasteiger partial charge >= 0.3 is 0 Å². The number of benzene rings is 1. The zero-order valence-corrected chi connectivity index (χ0v) is 11.0. The molecular formula is C13H16FN3O3. The van der Waals surface area contributed by atoms with Gasteiger partial charge < -0.3 is 21.0 Å². The minimum absolute atomic E-state index is 0.0289. The van der Waals surface area contributed by atoms with Gasteiger partial charge in [-0.2, -0.15) is 0 Å². The standard InChI is InChI=1S/C13H16FN3O3/c1-13(5-2-6-20-13)12(18)16-10-4-3-8(7-9(10)14)11(15)17-19/h3-4,7,19H,2,5-6H2,1H3,(H2,15,17)(H,16,18). The summed E-state index contributed by atoms with van der Waals surface area (Å²) in [5, 5.41) is 13.8. The molecular weight excluding hydrogens is 265 g/mol. The molecule has 1 unspecified atom stereocenters. The van der Waals surface area contributed by atoms with E-state index in [9.17, 15) is 9.18 Å². The molecule has 6 nitrogen and oxygen atoms in total. The van der Waals surface area contributed by atoms with Gasteiger partial charge in [-0.05, 0) is 38.0 Å². The second-order valence-electron chi connectivity index (χ2n) is 4.82. The van der Waals surface area contributed by atoms with E-state index < -0.39 is 11.4 Å². The van der Waals surface area contributed by atoms with Crippen LogP contribution in [-0.4, -0.2) is 29.2 Å². The van der Waals surface area contributed by atoms with Gasteiger partial charge in [-0.25, -0.2) is 4.39 Å². The lowest BCUT2D eigenvalue weighted by atomic mass is 10.0. The highest BCUT2D eigenvalue weighted by Gasteiger charge is 2.37. The van der Waals surface area contributed by atoms with Crippen molar-refractivity contribution in [2.75, 3.05) is 11.9 Å². The topological polar surface area (TPSA) is 96.9 Å². The molecule has 7 heteroatoms. The molecule has 20 heavy (non-hydrogen) atoms. The molecule has 1 aromatic rings. The number of carbonyl (C=O) groups is 1. The predicted molar refractivity (Wildman–Crippen MR) is 71.1 cm³/mol. The molecule has 1 heterocycles. The second kappa shape index (κ2) is 5.46. The number of nitrogens with two attached hydrogens (primary N) is 1. The number of oxime groups is 1. The van der Waals surface area contributed by atoms with Crippen molar-refractivity contribution in [1.82, 2.24) is 0 Å². The van der Waals surface area contributed by atoms with Crippen LogP contribution >= 0.6 is 0 Å². The number of halogens is 1. The largest absolute Gasteiger partial charge is 0.409 e. The van der Waals surface area contributed by atoms with Gasteiger partial charge in [-0.3, -0.25) is 4.79 Å². The molecule has 108 valence electrons. The second-order valence-corrected chi connectivity index (χ2v) is 4.82. The fraction of sp³-hybridized carbons (Fsp3) is 0.385. The number of nitrogens with zero attached hydrogens (tertiary/aromatic N) is 1. The van der Waals surface area contributed by atoms with Crippen LogP contribution < -0.4 is 11.1 Å². The van der Waals surface area contributed by atoms with Crippen molar-refractivity contribution in [3.8, 4) is 0 Å². The number of carbonyl (C=O) groups excluding carboxylic acids is 1. The molecule has 1 fully saturated rings. The van der Waals surface area contributed by atoms with E-state index in [1.807, 2.05) is 0 Å². The summed E-state index contributed by atoms with van der Waals surface area (Å²) in [6.45, 7) is 2.20. The Morgan fingerprint density at radius 2 is 2.35 bits per heavy atom. The first-order valence-corrected chi connectivity index (χ1v) is 6.19. The van der Waals surface area contributed by atoms with Crippen LogP contribution in [0.4, 0.5) is 10.1 Å². The average molecular weight is 281 g/mol. The van der Waals surface area contributed by atoms with E-state index in [2.05, 4.69) is 10.5 Å². The summed E-state index contributed by atoms with van der Waals surface area (Å²) < 4.78 is 19.3. The molecule has 0 spiro atoms. The molecule has 2 rings (SSSR count). The quantitative estimate of drug-likeness (QED) is 0.338. The maximum absolute atomic E-state index is 13.9. The molecule has 0 aromatic heterocycles. The number of hydrogen-bond acceptors (Lipinski definition) is 4. The zero-order chi connectivity index (χ0) is 14.8. The van der Waals surface area contributed by atoms with Gasteiger partial charge in [0.05, 0.1) is 5.69 Å². The SMILES string of the molecule is CC1(C(=O)Nc2ccc(/C(N)=N/O)cc2F)CCCO1. The van der Waals surface area contributed by atoms with Crippen LogP contribution in [0.15, 0.2) is 23.4 Å². The Kier molecular flexibility index (Phi) is 3.89. The highest BCUT2D eigenvalue weighted by atomic mass is 19.1. The number of amides is 1. The molecule has 0 bridgehead atoms. The molecule has 1 aliphatic rings. The fourth-order valence-corrected chi connectivity index (χ4v) is 2.05. The molecule has 4 N–H and O–H groups in total. The Labute approximate surface area is 115 Å². The van der Waals surface area contributed by atoms with Crippen molar-refractivity contribution in [2.24, 2.45) is 10.9 Å². The fourth-order valence-electron chi connectivity index (χ4n) is 2.05. The molecule has 0 aliphatic carbocycles. The molecule has 0 radical (unpaired) electrons. The first-order chi connectivity index (χ1) is 9.46. The van der Waals surface area contributed by atoms with Crippen molar-refractivity contribution < 1.29 is 19.1 Å². The maximum Gasteiger partial charge on any atom is 0.256 e. The Hall–Kier alpha value is -2.15. The highest BCUT2D eigenvalue weighted by molar-refractivity contribution is 5.99. The van der Waals surface area contributed by atoms with Crippen LogP contribution in [0.2, 0.25) is 0 Å². The zero-order valence-electron chi connectivity index (χ0n) is 11.0. The van der Waals surface area contributed by atoms with Crippen LogP contribution in [0.1, 0.15) is 25.3 Å². The molecule has 1 aromatic carbocycles. The van der Waals surface area contributed by atoms with Crippen LogP contribution in [0.3, 0.4) is 0 Å². The Morgan fingerprint density at radius 1 is 1.60 bits per heavy atom. The van der Waals surface area contributed by atoms with Crippen LogP contribution in [-0.2, 0) is 9.53 Å². The normalized spacial score (nSPS) is 22.8. The first kappa shape index (κ1) is 14.3. The van der Waals surface area contributed by atoms with Gasteiger partial charge in [0, 0.05) is 12.2 Å². The van der Waals surface area contributed by atoms with Gasteiger partial charge in [-0.15, -0.1) is 0 Å². The van der Waals surface area contributed by atoms with Crippen LogP contribution in [0.5, 0.6) is 0 Å². The number of amidine groups is 1. The average Bonchev–Trinajstić information content (AvgIpc) is 2.88. The van der Waals surface area contributed by atoms with Gasteiger partial charge in [0.25, 0.3) is 5.91 Å². The Morgan fingerprint density at radius 3 is 2.90 bits per heavy atom. The van der Waals surface area contributed by atoms with E-state index in [0.717, 1.165) is 12.5 Å². The van der Waals surface area contributed by atoms with Crippen LogP contribution in [0.25, 0.3) is 0 Å². The van der Waals surface area contributed by atoms with Gasteiger partial charge in [-0.1, -0.05) is 5.16 Å². The van der Waals surface area contributed by atoms with Crippen LogP contribution in [0, 0.1) is 5.82 Å². The minimum Gasteiger partial charge on any atom is -0.409 e. The van der Waals surface area contributed by atoms with E-state index in [0.29, 0.717) is 13.0 Å². The highest BCUT2D eigenvalue weighted by Crippen LogP contribution is 2.27. The molecule has 1 aliphatic heterocycles. The molecule has 1 amide bonds. The van der Waals surface area contributed by atoms with Crippen molar-refractivity contribution in [3.05, 3.63) is 29.6 Å². The van der Waals surface area contributed by atoms with E-state index >= 15 is 0 Å². The third kappa shape index (κ3) is 2.72. The van der Waals surface area contributed by atoms with Crippen molar-refractivity contribution in [2.45, 2.75) is 25.4 Å². The number of rotatable bonds is 3. The monoisotopic (exact) mass is 281 g/mol. The predicted octanol–water partition coefficient (Wildman–Crippen LogP) is 1.43. The van der Waals surface area contributed by atoms with Crippen molar-refractivity contribution >= 4 is 17.4 Å². The molecule has 1 atom stereocenters. The first-order valence-electron chi connectivity index (χ1n) is 6.19. The lowest BCUT2D eigenvalue weighted by molar-refractivity contribution is -0.133. The van der Waals surface area contributed by atoms with Gasteiger partial charge in [0.15, 0.2) is 5.84 Å². The van der Waals surface area contributed by atoms with E-state index in [1.165, 1.54) is 12.1 Å². The van der Waals surface area contributed by atoms with E-state index in [4.69, 9.17) is 15.7 Å². The smallest absolute Gasteiger partial charge is 0.256 e. The lowest BCUT2D eigenvalue weighted by Gasteiger charge is -2.22. The summed E-state index contributed by atoms with van der Waals surface area (Å²) in [7, 11) is 0. The summed E-state index contributed by atoms with van der Waals surface area (Å²) in [4.78, 5) is 12.1. The van der Waals surface area contributed by atoms with Gasteiger partial charge in [0.1, 0.15) is 11.4 Å². The Balaban J connectivity index is 2.16. The summed E-state index contributed by atoms with van der Waals surface area (Å²) in [6, 6.07) is 3.90. The summed E-state index contributed by atoms with van der Waals surface area (Å²) in [6.07, 6.45) is 1.40. The van der Waals surface area contributed by atoms with E-state index in [-0.39, 0.29) is 23.0 Å². The summed E-state index contributed by atoms with van der Waals surface area (Å²) in [5.41, 5.74) is 4.70. The Bertz CT molecular complexity index is 554. The van der Waals surface area contributed by atoms with Crippen molar-refractivity contribution in [1.29, 1.82) is 0 Å². The maximum atomic E-state index is 13.9. The summed E-state index contributed by atoms with van der Waals surface area (Å²) >= 11 is 0. The number of nitrogens with one attached hydrogen (secondary N) is 1. The number of ether oxygens (including phenoxy) is 1. The van der Waals surface area contributed by atoms with Gasteiger partial charge in [0.2, 0.25) is 0 Å². The lowest BCUT2D eigenvalue weighted by Crippen LogP contribution is -2.39. The molecule has 1 saturated heterocycles. The minimum atomic E-state index is -0.920. The van der Waals surface area contributed by atoms with E-state index in [1.54, 1.807) is 6.92 Å². The third-order valence-electron chi connectivity index (χ3n) is 3.32. The summed E-state index contributed by atoms with van der Waals surface area (Å²) in [5.74, 6) is -1.25. The van der Waals surface area contributed by atoms with Crippen molar-refractivity contribution in [3.63, 3.8) is 0 Å². The number of hydrogen-bond donors (Lipinski definition) is 3. The third-order valence-corrected chi connectivity index (χ3v) is 3.32. The molecule has 0 saturated carbocycles.